The van der Waals surface area contributed by atoms with Gasteiger partial charge in [-0.15, -0.1) is 23.5 Å². The molecule has 1 fully saturated rings. The third-order valence-corrected chi connectivity index (χ3v) is 7.43. The first kappa shape index (κ1) is 16.6. The summed E-state index contributed by atoms with van der Waals surface area (Å²) in [6.45, 7) is 0. The van der Waals surface area contributed by atoms with Crippen LogP contribution in [0.4, 0.5) is 8.78 Å². The molecule has 0 aliphatic carbocycles. The zero-order chi connectivity index (χ0) is 16.4. The predicted molar refractivity (Wildman–Crippen MR) is 88.3 cm³/mol. The number of hydrogen-bond donors (Lipinski definition) is 0. The van der Waals surface area contributed by atoms with Gasteiger partial charge in [0.1, 0.15) is 22.3 Å². The minimum atomic E-state index is -4.28. The first-order chi connectivity index (χ1) is 10.9. The first-order valence-electron chi connectivity index (χ1n) is 6.68. The lowest BCUT2D eigenvalue weighted by atomic mass is 10.2. The second kappa shape index (κ2) is 6.70. The molecule has 0 unspecified atom stereocenters. The van der Waals surface area contributed by atoms with Crippen LogP contribution in [0.5, 0.6) is 5.75 Å². The molecule has 8 heteroatoms. The smallest absolute Gasteiger partial charge is 0.339 e. The van der Waals surface area contributed by atoms with E-state index in [0.717, 1.165) is 29.2 Å². The molecule has 3 nitrogen and oxygen atoms in total. The van der Waals surface area contributed by atoms with Gasteiger partial charge in [-0.25, -0.2) is 8.78 Å². The average Bonchev–Trinajstić information content (AvgIpc) is 3.01. The summed E-state index contributed by atoms with van der Waals surface area (Å²) in [5, 5.41) is 0. The van der Waals surface area contributed by atoms with Crippen molar-refractivity contribution in [3.05, 3.63) is 59.7 Å². The fourth-order valence-corrected chi connectivity index (χ4v) is 5.91. The maximum absolute atomic E-state index is 13.2. The van der Waals surface area contributed by atoms with E-state index in [4.69, 9.17) is 4.18 Å². The van der Waals surface area contributed by atoms with Crippen LogP contribution in [0.15, 0.2) is 47.4 Å². The van der Waals surface area contributed by atoms with Crippen molar-refractivity contribution in [2.24, 2.45) is 0 Å². The van der Waals surface area contributed by atoms with Crippen LogP contribution in [-0.2, 0) is 10.1 Å². The number of halogens is 2. The van der Waals surface area contributed by atoms with Gasteiger partial charge in [0, 0.05) is 17.6 Å². The summed E-state index contributed by atoms with van der Waals surface area (Å²) in [6.07, 6.45) is 0. The van der Waals surface area contributed by atoms with Crippen LogP contribution < -0.4 is 4.18 Å². The third kappa shape index (κ3) is 3.99. The molecule has 0 saturated carbocycles. The zero-order valence-corrected chi connectivity index (χ0v) is 14.2. The summed E-state index contributed by atoms with van der Waals surface area (Å²) in [4.78, 5) is -0.555. The molecule has 1 saturated heterocycles. The standard InChI is InChI=1S/C15H12F2O3S3/c16-11-7-12(17)9-14(8-11)23(18,19)20-13-3-1-10(2-4-13)15-21-5-6-22-15/h1-4,7-9,15H,5-6H2. The molecular weight excluding hydrogens is 362 g/mol. The van der Waals surface area contributed by atoms with Crippen molar-refractivity contribution in [1.29, 1.82) is 0 Å². The molecule has 1 heterocycles. The molecule has 0 radical (unpaired) electrons. The van der Waals surface area contributed by atoms with Gasteiger partial charge in [-0.05, 0) is 29.8 Å². The molecule has 1 aliphatic rings. The first-order valence-corrected chi connectivity index (χ1v) is 10.2. The number of thioether (sulfide) groups is 2. The number of benzene rings is 2. The largest absolute Gasteiger partial charge is 0.379 e. The van der Waals surface area contributed by atoms with E-state index in [9.17, 15) is 17.2 Å². The SMILES string of the molecule is O=S(=O)(Oc1ccc(C2SCCS2)cc1)c1cc(F)cc(F)c1. The van der Waals surface area contributed by atoms with E-state index in [0.29, 0.717) is 10.6 Å². The van der Waals surface area contributed by atoms with E-state index < -0.39 is 26.6 Å². The van der Waals surface area contributed by atoms with Crippen molar-refractivity contribution >= 4 is 33.6 Å². The van der Waals surface area contributed by atoms with E-state index in [1.807, 2.05) is 23.5 Å². The van der Waals surface area contributed by atoms with Crippen molar-refractivity contribution in [1.82, 2.24) is 0 Å². The van der Waals surface area contributed by atoms with Gasteiger partial charge < -0.3 is 4.18 Å². The number of rotatable bonds is 4. The van der Waals surface area contributed by atoms with Crippen molar-refractivity contribution in [2.75, 3.05) is 11.5 Å². The second-order valence-electron chi connectivity index (χ2n) is 4.79. The minimum absolute atomic E-state index is 0.103. The Morgan fingerprint density at radius 3 is 2.09 bits per heavy atom. The lowest BCUT2D eigenvalue weighted by molar-refractivity contribution is 0.482. The van der Waals surface area contributed by atoms with Gasteiger partial charge in [-0.3, -0.25) is 0 Å². The topological polar surface area (TPSA) is 43.4 Å². The molecule has 0 aromatic heterocycles. The Kier molecular flexibility index (Phi) is 4.84. The van der Waals surface area contributed by atoms with Crippen LogP contribution in [0.3, 0.4) is 0 Å². The third-order valence-electron chi connectivity index (χ3n) is 3.10. The van der Waals surface area contributed by atoms with Crippen LogP contribution >= 0.6 is 23.5 Å². The van der Waals surface area contributed by atoms with Crippen LogP contribution in [0.25, 0.3) is 0 Å². The average molecular weight is 374 g/mol. The molecule has 3 rings (SSSR count). The monoisotopic (exact) mass is 374 g/mol. The highest BCUT2D eigenvalue weighted by Gasteiger charge is 2.21. The fourth-order valence-electron chi connectivity index (χ4n) is 2.08. The predicted octanol–water partition coefficient (Wildman–Crippen LogP) is 4.21. The van der Waals surface area contributed by atoms with Crippen molar-refractivity contribution in [3.63, 3.8) is 0 Å². The van der Waals surface area contributed by atoms with Crippen molar-refractivity contribution in [2.45, 2.75) is 9.48 Å². The Hall–Kier alpha value is -1.25. The van der Waals surface area contributed by atoms with Crippen LogP contribution in [0, 0.1) is 11.6 Å². The highest BCUT2D eigenvalue weighted by molar-refractivity contribution is 8.19. The van der Waals surface area contributed by atoms with Gasteiger partial charge in [-0.2, -0.15) is 8.42 Å². The molecule has 2 aromatic rings. The van der Waals surface area contributed by atoms with Crippen LogP contribution in [0.2, 0.25) is 0 Å². The van der Waals surface area contributed by atoms with Gasteiger partial charge in [0.25, 0.3) is 0 Å². The molecule has 23 heavy (non-hydrogen) atoms. The van der Waals surface area contributed by atoms with Crippen LogP contribution in [0.1, 0.15) is 10.1 Å². The maximum Gasteiger partial charge on any atom is 0.339 e. The summed E-state index contributed by atoms with van der Waals surface area (Å²) < 4.78 is 55.8. The molecule has 0 amide bonds. The quantitative estimate of drug-likeness (QED) is 0.750. The molecule has 0 spiro atoms. The summed E-state index contributed by atoms with van der Waals surface area (Å²) >= 11 is 3.67. The Labute approximate surface area is 141 Å². The van der Waals surface area contributed by atoms with Gasteiger partial charge in [0.15, 0.2) is 0 Å². The summed E-state index contributed by atoms with van der Waals surface area (Å²) in [5.74, 6) is 0.335. The highest BCUT2D eigenvalue weighted by atomic mass is 32.2. The Balaban J connectivity index is 1.80. The molecule has 1 aliphatic heterocycles. The van der Waals surface area contributed by atoms with Crippen molar-refractivity contribution in [3.8, 4) is 5.75 Å². The van der Waals surface area contributed by atoms with E-state index >= 15 is 0 Å². The maximum atomic E-state index is 13.2. The summed E-state index contributed by atoms with van der Waals surface area (Å²) in [7, 11) is -4.28. The van der Waals surface area contributed by atoms with E-state index in [1.165, 1.54) is 0 Å². The summed E-state index contributed by atoms with van der Waals surface area (Å²) in [6, 6.07) is 8.73. The molecule has 0 bridgehead atoms. The molecule has 0 atom stereocenters. The van der Waals surface area contributed by atoms with E-state index in [-0.39, 0.29) is 5.75 Å². The Bertz CT molecular complexity index is 781. The Morgan fingerprint density at radius 1 is 0.957 bits per heavy atom. The lowest BCUT2D eigenvalue weighted by Crippen LogP contribution is -2.10. The van der Waals surface area contributed by atoms with Crippen molar-refractivity contribution < 1.29 is 21.4 Å². The molecule has 2 aromatic carbocycles. The van der Waals surface area contributed by atoms with E-state index in [2.05, 4.69) is 0 Å². The normalized spacial score (nSPS) is 15.7. The fraction of sp³-hybridized carbons (Fsp3) is 0.200. The van der Waals surface area contributed by atoms with E-state index in [1.54, 1.807) is 24.3 Å². The molecule has 0 N–H and O–H groups in total. The van der Waals surface area contributed by atoms with Gasteiger partial charge in [0.2, 0.25) is 0 Å². The molecule has 122 valence electrons. The van der Waals surface area contributed by atoms with Gasteiger partial charge >= 0.3 is 10.1 Å². The number of hydrogen-bond acceptors (Lipinski definition) is 5. The molecular formula is C15H12F2O3S3. The zero-order valence-electron chi connectivity index (χ0n) is 11.7. The Morgan fingerprint density at radius 2 is 1.52 bits per heavy atom. The highest BCUT2D eigenvalue weighted by Crippen LogP contribution is 2.45. The minimum Gasteiger partial charge on any atom is -0.379 e. The van der Waals surface area contributed by atoms with Gasteiger partial charge in [0.05, 0.1) is 4.58 Å². The van der Waals surface area contributed by atoms with Gasteiger partial charge in [-0.1, -0.05) is 12.1 Å². The second-order valence-corrected chi connectivity index (χ2v) is 9.06. The van der Waals surface area contributed by atoms with Crippen LogP contribution in [-0.4, -0.2) is 19.9 Å². The summed E-state index contributed by atoms with van der Waals surface area (Å²) in [5.41, 5.74) is 1.08. The lowest BCUT2D eigenvalue weighted by Gasteiger charge is -2.10.